The SMILES string of the molecule is Cc1ccc(S(=O)(=O)N(CC(=O)N2CCN(C)CC2)Cc2ccccc2)cc1. The summed E-state index contributed by atoms with van der Waals surface area (Å²) in [5.41, 5.74) is 1.84. The smallest absolute Gasteiger partial charge is 0.243 e. The summed E-state index contributed by atoms with van der Waals surface area (Å²) in [5, 5.41) is 0. The third-order valence-corrected chi connectivity index (χ3v) is 6.83. The lowest BCUT2D eigenvalue weighted by Gasteiger charge is -2.33. The molecule has 0 bridgehead atoms. The quantitative estimate of drug-likeness (QED) is 0.742. The largest absolute Gasteiger partial charge is 0.339 e. The van der Waals surface area contributed by atoms with Crippen LogP contribution in [0, 0.1) is 6.92 Å². The van der Waals surface area contributed by atoms with Crippen molar-refractivity contribution in [2.45, 2.75) is 18.4 Å². The van der Waals surface area contributed by atoms with E-state index < -0.39 is 10.0 Å². The molecule has 28 heavy (non-hydrogen) atoms. The zero-order valence-electron chi connectivity index (χ0n) is 16.4. The van der Waals surface area contributed by atoms with E-state index in [1.807, 2.05) is 44.3 Å². The summed E-state index contributed by atoms with van der Waals surface area (Å²) < 4.78 is 27.8. The Morgan fingerprint density at radius 1 is 0.964 bits per heavy atom. The molecule has 0 N–H and O–H groups in total. The number of aryl methyl sites for hydroxylation is 1. The van der Waals surface area contributed by atoms with E-state index in [4.69, 9.17) is 0 Å². The molecular weight excluding hydrogens is 374 g/mol. The number of hydrogen-bond acceptors (Lipinski definition) is 4. The van der Waals surface area contributed by atoms with E-state index in [-0.39, 0.29) is 23.9 Å². The maximum atomic E-state index is 13.3. The van der Waals surface area contributed by atoms with Crippen LogP contribution in [-0.2, 0) is 21.4 Å². The molecule has 1 saturated heterocycles. The second-order valence-electron chi connectivity index (χ2n) is 7.26. The molecule has 0 aromatic heterocycles. The molecule has 1 aliphatic heterocycles. The van der Waals surface area contributed by atoms with Crippen LogP contribution in [0.4, 0.5) is 0 Å². The highest BCUT2D eigenvalue weighted by molar-refractivity contribution is 7.89. The van der Waals surface area contributed by atoms with Crippen LogP contribution < -0.4 is 0 Å². The molecule has 6 nitrogen and oxygen atoms in total. The maximum absolute atomic E-state index is 13.3. The van der Waals surface area contributed by atoms with Crippen molar-refractivity contribution in [2.75, 3.05) is 39.8 Å². The molecule has 0 spiro atoms. The van der Waals surface area contributed by atoms with Gasteiger partial charge in [0.2, 0.25) is 15.9 Å². The number of benzene rings is 2. The Hall–Kier alpha value is -2.22. The predicted molar refractivity (Wildman–Crippen MR) is 109 cm³/mol. The van der Waals surface area contributed by atoms with E-state index in [1.54, 1.807) is 29.2 Å². The lowest BCUT2D eigenvalue weighted by Crippen LogP contribution is -2.50. The number of rotatable bonds is 6. The molecule has 7 heteroatoms. The second kappa shape index (κ2) is 8.86. The predicted octanol–water partition coefficient (Wildman–Crippen LogP) is 1.96. The van der Waals surface area contributed by atoms with E-state index in [0.717, 1.165) is 24.2 Å². The topological polar surface area (TPSA) is 60.9 Å². The monoisotopic (exact) mass is 401 g/mol. The van der Waals surface area contributed by atoms with Gasteiger partial charge < -0.3 is 9.80 Å². The Morgan fingerprint density at radius 2 is 1.57 bits per heavy atom. The zero-order chi connectivity index (χ0) is 20.1. The summed E-state index contributed by atoms with van der Waals surface area (Å²) in [4.78, 5) is 17.0. The van der Waals surface area contributed by atoms with E-state index in [2.05, 4.69) is 4.90 Å². The first-order valence-electron chi connectivity index (χ1n) is 9.43. The molecule has 1 aliphatic rings. The average Bonchev–Trinajstić information content (AvgIpc) is 2.69. The summed E-state index contributed by atoms with van der Waals surface area (Å²) in [6.07, 6.45) is 0. The van der Waals surface area contributed by atoms with Crippen LogP contribution in [0.1, 0.15) is 11.1 Å². The standard InChI is InChI=1S/C21H27N3O3S/c1-18-8-10-20(11-9-18)28(26,27)24(16-19-6-4-3-5-7-19)17-21(25)23-14-12-22(2)13-15-23/h3-11H,12-17H2,1-2H3. The van der Waals surface area contributed by atoms with Crippen LogP contribution in [0.2, 0.25) is 0 Å². The molecular formula is C21H27N3O3S. The first kappa shape index (κ1) is 20.5. The molecule has 2 aromatic rings. The van der Waals surface area contributed by atoms with Crippen LogP contribution in [-0.4, -0.2) is 68.2 Å². The number of amides is 1. The number of nitrogens with zero attached hydrogens (tertiary/aromatic N) is 3. The zero-order valence-corrected chi connectivity index (χ0v) is 17.2. The molecule has 0 saturated carbocycles. The van der Waals surface area contributed by atoms with Gasteiger partial charge in [0.05, 0.1) is 11.4 Å². The summed E-state index contributed by atoms with van der Waals surface area (Å²) in [6.45, 7) is 4.77. The fraction of sp³-hybridized carbons (Fsp3) is 0.381. The molecule has 0 radical (unpaired) electrons. The lowest BCUT2D eigenvalue weighted by molar-refractivity contribution is -0.133. The third kappa shape index (κ3) is 4.98. The number of hydrogen-bond donors (Lipinski definition) is 0. The minimum absolute atomic E-state index is 0.153. The highest BCUT2D eigenvalue weighted by atomic mass is 32.2. The molecule has 3 rings (SSSR count). The van der Waals surface area contributed by atoms with Crippen molar-refractivity contribution in [3.8, 4) is 0 Å². The minimum atomic E-state index is -3.79. The van der Waals surface area contributed by atoms with Gasteiger partial charge in [0.15, 0.2) is 0 Å². The fourth-order valence-corrected chi connectivity index (χ4v) is 4.56. The van der Waals surface area contributed by atoms with E-state index in [9.17, 15) is 13.2 Å². The molecule has 1 heterocycles. The van der Waals surface area contributed by atoms with Crippen LogP contribution >= 0.6 is 0 Å². The summed E-state index contributed by atoms with van der Waals surface area (Å²) in [5.74, 6) is -0.153. The third-order valence-electron chi connectivity index (χ3n) is 5.03. The Bertz CT molecular complexity index is 890. The molecule has 0 atom stereocenters. The number of carbonyl (C=O) groups is 1. The Balaban J connectivity index is 1.84. The Morgan fingerprint density at radius 3 is 2.18 bits per heavy atom. The summed E-state index contributed by atoms with van der Waals surface area (Å²) in [7, 11) is -1.77. The van der Waals surface area contributed by atoms with Crippen LogP contribution in [0.25, 0.3) is 0 Å². The molecule has 0 aliphatic carbocycles. The van der Waals surface area contributed by atoms with Gasteiger partial charge in [0.1, 0.15) is 0 Å². The number of sulfonamides is 1. The van der Waals surface area contributed by atoms with Crippen molar-refractivity contribution in [3.63, 3.8) is 0 Å². The first-order valence-corrected chi connectivity index (χ1v) is 10.9. The lowest BCUT2D eigenvalue weighted by atomic mass is 10.2. The van der Waals surface area contributed by atoms with Crippen molar-refractivity contribution < 1.29 is 13.2 Å². The highest BCUT2D eigenvalue weighted by Gasteiger charge is 2.29. The van der Waals surface area contributed by atoms with Crippen molar-refractivity contribution in [3.05, 3.63) is 65.7 Å². The average molecular weight is 402 g/mol. The summed E-state index contributed by atoms with van der Waals surface area (Å²) >= 11 is 0. The van der Waals surface area contributed by atoms with E-state index >= 15 is 0 Å². The van der Waals surface area contributed by atoms with Crippen molar-refractivity contribution in [2.24, 2.45) is 0 Å². The molecule has 1 fully saturated rings. The fourth-order valence-electron chi connectivity index (χ4n) is 3.18. The first-order chi connectivity index (χ1) is 13.4. The van der Waals surface area contributed by atoms with Gasteiger partial charge in [-0.3, -0.25) is 4.79 Å². The Labute approximate surface area is 167 Å². The molecule has 1 amide bonds. The van der Waals surface area contributed by atoms with Gasteiger partial charge in [-0.05, 0) is 31.7 Å². The van der Waals surface area contributed by atoms with E-state index in [0.29, 0.717) is 13.1 Å². The molecule has 0 unspecified atom stereocenters. The van der Waals surface area contributed by atoms with Gasteiger partial charge in [-0.2, -0.15) is 4.31 Å². The van der Waals surface area contributed by atoms with Gasteiger partial charge in [-0.1, -0.05) is 48.0 Å². The van der Waals surface area contributed by atoms with Crippen molar-refractivity contribution >= 4 is 15.9 Å². The van der Waals surface area contributed by atoms with Gasteiger partial charge >= 0.3 is 0 Å². The Kier molecular flexibility index (Phi) is 6.49. The van der Waals surface area contributed by atoms with Crippen LogP contribution in [0.5, 0.6) is 0 Å². The van der Waals surface area contributed by atoms with Gasteiger partial charge in [0, 0.05) is 32.7 Å². The van der Waals surface area contributed by atoms with Gasteiger partial charge in [-0.25, -0.2) is 8.42 Å². The van der Waals surface area contributed by atoms with Crippen LogP contribution in [0.15, 0.2) is 59.5 Å². The minimum Gasteiger partial charge on any atom is -0.339 e. The number of likely N-dealkylation sites (N-methyl/N-ethyl adjacent to an activating group) is 1. The van der Waals surface area contributed by atoms with Crippen molar-refractivity contribution in [1.82, 2.24) is 14.1 Å². The molecule has 2 aromatic carbocycles. The summed E-state index contributed by atoms with van der Waals surface area (Å²) in [6, 6.07) is 16.1. The van der Waals surface area contributed by atoms with Crippen molar-refractivity contribution in [1.29, 1.82) is 0 Å². The second-order valence-corrected chi connectivity index (χ2v) is 9.19. The molecule has 150 valence electrons. The van der Waals surface area contributed by atoms with Crippen LogP contribution in [0.3, 0.4) is 0 Å². The number of carbonyl (C=O) groups excluding carboxylic acids is 1. The highest BCUT2D eigenvalue weighted by Crippen LogP contribution is 2.19. The van der Waals surface area contributed by atoms with Gasteiger partial charge in [0.25, 0.3) is 0 Å². The maximum Gasteiger partial charge on any atom is 0.243 e. The van der Waals surface area contributed by atoms with Gasteiger partial charge in [-0.15, -0.1) is 0 Å². The normalized spacial score (nSPS) is 15.8. The number of piperazine rings is 1. The van der Waals surface area contributed by atoms with E-state index in [1.165, 1.54) is 4.31 Å².